The van der Waals surface area contributed by atoms with E-state index in [1.807, 2.05) is 49.4 Å². The Labute approximate surface area is 187 Å². The Morgan fingerprint density at radius 1 is 1.23 bits per heavy atom. The number of nitrogens with two attached hydrogens (primary N) is 1. The Bertz CT molecular complexity index is 1010. The third kappa shape index (κ3) is 3.94. The van der Waals surface area contributed by atoms with Gasteiger partial charge >= 0.3 is 0 Å². The number of nitrogens with zero attached hydrogens (tertiary/aromatic N) is 2. The molecule has 158 valence electrons. The first-order valence-corrected chi connectivity index (χ1v) is 11.0. The Morgan fingerprint density at radius 2 is 2.00 bits per heavy atom. The zero-order chi connectivity index (χ0) is 21.5. The predicted molar refractivity (Wildman–Crippen MR) is 123 cm³/mol. The first kappa shape index (κ1) is 21.2. The lowest BCUT2D eigenvalue weighted by Crippen LogP contribution is -2.57. The van der Waals surface area contributed by atoms with Crippen molar-refractivity contribution in [1.82, 2.24) is 10.2 Å². The molecule has 4 rings (SSSR count). The van der Waals surface area contributed by atoms with E-state index < -0.39 is 5.54 Å². The fourth-order valence-electron chi connectivity index (χ4n) is 4.57. The van der Waals surface area contributed by atoms with Crippen LogP contribution in [0.2, 0.25) is 10.0 Å². The molecule has 0 saturated carbocycles. The smallest absolute Gasteiger partial charge is 0.232 e. The van der Waals surface area contributed by atoms with Crippen LogP contribution in [0, 0.1) is 0 Å². The van der Waals surface area contributed by atoms with Crippen LogP contribution in [0.25, 0.3) is 11.1 Å². The number of hydrogen-bond acceptors (Lipinski definition) is 4. The van der Waals surface area contributed by atoms with Crippen LogP contribution in [0.5, 0.6) is 0 Å². The third-order valence-electron chi connectivity index (χ3n) is 6.05. The number of carbonyl (C=O) groups is 1. The van der Waals surface area contributed by atoms with Crippen LogP contribution in [0.4, 0.5) is 0 Å². The van der Waals surface area contributed by atoms with Crippen LogP contribution in [0.3, 0.4) is 0 Å². The van der Waals surface area contributed by atoms with Gasteiger partial charge in [-0.05, 0) is 56.5 Å². The van der Waals surface area contributed by atoms with E-state index in [-0.39, 0.29) is 24.3 Å². The Morgan fingerprint density at radius 3 is 2.70 bits per heavy atom. The molecule has 0 aromatic heterocycles. The van der Waals surface area contributed by atoms with Gasteiger partial charge in [0.15, 0.2) is 5.96 Å². The maximum atomic E-state index is 13.2. The number of halogens is 2. The van der Waals surface area contributed by atoms with Gasteiger partial charge in [-0.3, -0.25) is 9.69 Å². The highest BCUT2D eigenvalue weighted by molar-refractivity contribution is 6.34. The second kappa shape index (κ2) is 8.22. The summed E-state index contributed by atoms with van der Waals surface area (Å²) in [6.45, 7) is 4.91. The van der Waals surface area contributed by atoms with E-state index in [4.69, 9.17) is 33.9 Å². The molecule has 5 nitrogen and oxygen atoms in total. The zero-order valence-electron chi connectivity index (χ0n) is 17.2. The van der Waals surface area contributed by atoms with E-state index in [2.05, 4.69) is 12.2 Å². The lowest BCUT2D eigenvalue weighted by Gasteiger charge is -2.42. The second-order valence-electron chi connectivity index (χ2n) is 8.40. The fourth-order valence-corrected chi connectivity index (χ4v) is 5.20. The number of benzene rings is 2. The second-order valence-corrected chi connectivity index (χ2v) is 9.21. The number of nitrogens with one attached hydrogen (secondary N) is 1. The van der Waals surface area contributed by atoms with Gasteiger partial charge in [0.1, 0.15) is 0 Å². The Kier molecular flexibility index (Phi) is 5.80. The van der Waals surface area contributed by atoms with Gasteiger partial charge in [0.05, 0.1) is 17.0 Å². The summed E-state index contributed by atoms with van der Waals surface area (Å²) in [6.07, 6.45) is 1.96. The van der Waals surface area contributed by atoms with Crippen LogP contribution in [-0.2, 0) is 10.3 Å². The number of aliphatic imine (C=N–C) groups is 1. The van der Waals surface area contributed by atoms with Gasteiger partial charge in [0, 0.05) is 22.7 Å². The average Bonchev–Trinajstić information content (AvgIpc) is 2.67. The molecule has 3 atom stereocenters. The van der Waals surface area contributed by atoms with E-state index >= 15 is 0 Å². The number of piperidine rings is 1. The fraction of sp³-hybridized carbons (Fsp3) is 0.391. The molecule has 0 spiro atoms. The normalized spacial score (nSPS) is 27.1. The zero-order valence-corrected chi connectivity index (χ0v) is 18.7. The van der Waals surface area contributed by atoms with Crippen molar-refractivity contribution >= 4 is 35.1 Å². The molecule has 30 heavy (non-hydrogen) atoms. The highest BCUT2D eigenvalue weighted by Gasteiger charge is 2.42. The molecule has 2 aliphatic heterocycles. The molecular weight excluding hydrogens is 419 g/mol. The Hall–Kier alpha value is -2.08. The van der Waals surface area contributed by atoms with E-state index in [9.17, 15) is 4.79 Å². The molecule has 3 N–H and O–H groups in total. The lowest BCUT2D eigenvalue weighted by atomic mass is 9.85. The molecule has 2 aliphatic rings. The van der Waals surface area contributed by atoms with Gasteiger partial charge in [-0.15, -0.1) is 0 Å². The molecule has 0 radical (unpaired) electrons. The number of carbonyl (C=O) groups excluding carboxylic acids is 1. The number of guanidine groups is 1. The molecule has 0 aliphatic carbocycles. The summed E-state index contributed by atoms with van der Waals surface area (Å²) >= 11 is 13.0. The number of hydrogen-bond donors (Lipinski definition) is 2. The van der Waals surface area contributed by atoms with Crippen molar-refractivity contribution in [2.45, 2.75) is 50.7 Å². The van der Waals surface area contributed by atoms with Crippen molar-refractivity contribution in [3.63, 3.8) is 0 Å². The van der Waals surface area contributed by atoms with Gasteiger partial charge in [-0.25, -0.2) is 4.99 Å². The molecule has 2 aromatic rings. The van der Waals surface area contributed by atoms with Crippen molar-refractivity contribution in [1.29, 1.82) is 0 Å². The van der Waals surface area contributed by atoms with Crippen molar-refractivity contribution in [3.05, 3.63) is 58.1 Å². The summed E-state index contributed by atoms with van der Waals surface area (Å²) in [7, 11) is 0. The van der Waals surface area contributed by atoms with Crippen LogP contribution < -0.4 is 11.1 Å². The maximum absolute atomic E-state index is 13.2. The van der Waals surface area contributed by atoms with Crippen molar-refractivity contribution in [2.24, 2.45) is 10.7 Å². The average molecular weight is 445 g/mol. The van der Waals surface area contributed by atoms with Crippen molar-refractivity contribution in [2.75, 3.05) is 6.54 Å². The third-order valence-corrected chi connectivity index (χ3v) is 6.69. The van der Waals surface area contributed by atoms with E-state index in [0.717, 1.165) is 36.1 Å². The molecule has 1 saturated heterocycles. The van der Waals surface area contributed by atoms with Crippen molar-refractivity contribution in [3.8, 4) is 11.1 Å². The van der Waals surface area contributed by atoms with Gasteiger partial charge in [0.2, 0.25) is 5.91 Å². The lowest BCUT2D eigenvalue weighted by molar-refractivity contribution is -0.131. The quantitative estimate of drug-likeness (QED) is 0.728. The van der Waals surface area contributed by atoms with Crippen LogP contribution in [-0.4, -0.2) is 35.4 Å². The molecule has 0 bridgehead atoms. The minimum atomic E-state index is -0.818. The van der Waals surface area contributed by atoms with Crippen LogP contribution >= 0.6 is 23.2 Å². The first-order chi connectivity index (χ1) is 14.3. The van der Waals surface area contributed by atoms with Crippen LogP contribution in [0.15, 0.2) is 47.5 Å². The van der Waals surface area contributed by atoms with Gasteiger partial charge in [-0.1, -0.05) is 53.5 Å². The summed E-state index contributed by atoms with van der Waals surface area (Å²) < 4.78 is 0. The Balaban J connectivity index is 1.71. The highest BCUT2D eigenvalue weighted by Crippen LogP contribution is 2.42. The monoisotopic (exact) mass is 444 g/mol. The number of rotatable bonds is 3. The number of amides is 1. The molecule has 7 heteroatoms. The highest BCUT2D eigenvalue weighted by atomic mass is 35.5. The molecule has 1 amide bonds. The molecule has 1 fully saturated rings. The summed E-state index contributed by atoms with van der Waals surface area (Å²) in [5, 5.41) is 4.62. The largest absolute Gasteiger partial charge is 0.369 e. The van der Waals surface area contributed by atoms with Gasteiger partial charge < -0.3 is 11.1 Å². The van der Waals surface area contributed by atoms with E-state index in [1.54, 1.807) is 4.90 Å². The molecule has 2 heterocycles. The molecular formula is C23H26Cl2N4O. The summed E-state index contributed by atoms with van der Waals surface area (Å²) in [5.74, 6) is 0.269. The minimum Gasteiger partial charge on any atom is -0.369 e. The maximum Gasteiger partial charge on any atom is 0.232 e. The van der Waals surface area contributed by atoms with Crippen molar-refractivity contribution < 1.29 is 4.79 Å². The predicted octanol–water partition coefficient (Wildman–Crippen LogP) is 4.56. The first-order valence-electron chi connectivity index (χ1n) is 10.2. The standard InChI is InChI=1S/C23H26Cl2N4O/c1-14-11-17(9-10-27-14)29-20(30)13-23(2,28-22(29)26)19-8-4-7-18(21(19)25)15-5-3-6-16(24)12-15/h3-8,12,14,17,27H,9-11,13H2,1-2H3,(H2,26,28)/t14-,17-,23+/m1/s1. The van der Waals surface area contributed by atoms with Gasteiger partial charge in [-0.2, -0.15) is 0 Å². The summed E-state index contributed by atoms with van der Waals surface area (Å²) in [4.78, 5) is 19.7. The minimum absolute atomic E-state index is 0.00618. The van der Waals surface area contributed by atoms with E-state index in [1.165, 1.54) is 0 Å². The van der Waals surface area contributed by atoms with E-state index in [0.29, 0.717) is 16.1 Å². The van der Waals surface area contributed by atoms with Gasteiger partial charge in [0.25, 0.3) is 0 Å². The van der Waals surface area contributed by atoms with Crippen LogP contribution in [0.1, 0.15) is 38.7 Å². The molecule has 0 unspecified atom stereocenters. The SMILES string of the molecule is C[C@@H]1C[C@H](N2C(=O)C[C@@](C)(c3cccc(-c4cccc(Cl)c4)c3Cl)N=C2N)CCN1. The summed E-state index contributed by atoms with van der Waals surface area (Å²) in [6, 6.07) is 13.8. The summed E-state index contributed by atoms with van der Waals surface area (Å²) in [5.41, 5.74) is 8.10. The molecule has 2 aromatic carbocycles. The topological polar surface area (TPSA) is 70.7 Å².